The zero-order valence-corrected chi connectivity index (χ0v) is 11.0. The Kier molecular flexibility index (Phi) is 3.93. The van der Waals surface area contributed by atoms with Crippen molar-refractivity contribution in [1.29, 1.82) is 0 Å². The first-order chi connectivity index (χ1) is 8.59. The van der Waals surface area contributed by atoms with Crippen molar-refractivity contribution in [1.82, 2.24) is 9.78 Å². The molecule has 0 saturated carbocycles. The van der Waals surface area contributed by atoms with Gasteiger partial charge in [-0.25, -0.2) is 0 Å². The minimum Gasteiger partial charge on any atom is -0.389 e. The van der Waals surface area contributed by atoms with Crippen molar-refractivity contribution in [2.24, 2.45) is 18.7 Å². The molecule has 1 amide bonds. The number of carbonyl (C=O) groups excluding carboxylic acids is 1. The van der Waals surface area contributed by atoms with Gasteiger partial charge in [0.2, 0.25) is 5.91 Å². The van der Waals surface area contributed by atoms with Gasteiger partial charge in [-0.3, -0.25) is 9.48 Å². The number of rotatable bonds is 3. The molecule has 7 heteroatoms. The van der Waals surface area contributed by atoms with Crippen LogP contribution in [0.4, 0.5) is 5.82 Å². The Morgan fingerprint density at radius 1 is 1.61 bits per heavy atom. The van der Waals surface area contributed by atoms with Gasteiger partial charge in [-0.05, 0) is 12.8 Å². The molecular weight excluding hydrogens is 252 g/mol. The molecule has 98 valence electrons. The number of hydrogen-bond acceptors (Lipinski definition) is 4. The number of thiocarbonyl (C=S) groups is 1. The van der Waals surface area contributed by atoms with E-state index < -0.39 is 0 Å². The summed E-state index contributed by atoms with van der Waals surface area (Å²) in [5.41, 5.74) is 6.18. The monoisotopic (exact) mass is 268 g/mol. The summed E-state index contributed by atoms with van der Waals surface area (Å²) in [5.74, 6) is 0.506. The van der Waals surface area contributed by atoms with E-state index >= 15 is 0 Å². The number of anilines is 1. The second kappa shape index (κ2) is 5.45. The highest BCUT2D eigenvalue weighted by molar-refractivity contribution is 7.80. The van der Waals surface area contributed by atoms with Gasteiger partial charge >= 0.3 is 0 Å². The predicted molar refractivity (Wildman–Crippen MR) is 71.3 cm³/mol. The van der Waals surface area contributed by atoms with Gasteiger partial charge < -0.3 is 15.8 Å². The van der Waals surface area contributed by atoms with E-state index in [4.69, 9.17) is 22.7 Å². The maximum Gasteiger partial charge on any atom is 0.228 e. The van der Waals surface area contributed by atoms with E-state index in [-0.39, 0.29) is 16.8 Å². The molecule has 2 rings (SSSR count). The van der Waals surface area contributed by atoms with E-state index in [9.17, 15) is 4.79 Å². The summed E-state index contributed by atoms with van der Waals surface area (Å²) in [6.45, 7) is 1.26. The molecular formula is C11H16N4O2S. The molecule has 2 heterocycles. The van der Waals surface area contributed by atoms with Gasteiger partial charge in [-0.15, -0.1) is 0 Å². The fourth-order valence-corrected chi connectivity index (χ4v) is 2.09. The molecule has 1 aliphatic heterocycles. The van der Waals surface area contributed by atoms with E-state index in [0.29, 0.717) is 24.6 Å². The molecule has 1 saturated heterocycles. The van der Waals surface area contributed by atoms with Crippen LogP contribution in [0.3, 0.4) is 0 Å². The van der Waals surface area contributed by atoms with Crippen LogP contribution in [0.1, 0.15) is 18.4 Å². The number of aryl methyl sites for hydroxylation is 1. The van der Waals surface area contributed by atoms with Crippen LogP contribution in [-0.4, -0.2) is 33.9 Å². The summed E-state index contributed by atoms with van der Waals surface area (Å²) < 4.78 is 6.79. The van der Waals surface area contributed by atoms with E-state index in [1.54, 1.807) is 17.9 Å². The number of nitrogens with zero attached hydrogens (tertiary/aromatic N) is 2. The summed E-state index contributed by atoms with van der Waals surface area (Å²) in [6.07, 6.45) is 3.04. The lowest BCUT2D eigenvalue weighted by Crippen LogP contribution is -2.30. The number of carbonyl (C=O) groups is 1. The van der Waals surface area contributed by atoms with Gasteiger partial charge in [-0.1, -0.05) is 12.2 Å². The maximum atomic E-state index is 12.1. The standard InChI is InChI=1S/C11H16N4O2S/c1-15-10(8(6-13-15)9(12)18)14-11(16)7-2-4-17-5-3-7/h6-7H,2-5H2,1H3,(H2,12,18)(H,14,16). The maximum absolute atomic E-state index is 12.1. The molecule has 0 aromatic carbocycles. The third-order valence-corrected chi connectivity index (χ3v) is 3.26. The lowest BCUT2D eigenvalue weighted by atomic mass is 9.99. The second-order valence-electron chi connectivity index (χ2n) is 4.27. The van der Waals surface area contributed by atoms with Crippen LogP contribution >= 0.6 is 12.2 Å². The van der Waals surface area contributed by atoms with Crippen LogP contribution in [0.5, 0.6) is 0 Å². The molecule has 0 aliphatic carbocycles. The Labute approximate surface area is 110 Å². The molecule has 0 atom stereocenters. The average Bonchev–Trinajstić information content (AvgIpc) is 2.72. The summed E-state index contributed by atoms with van der Waals surface area (Å²) >= 11 is 4.93. The van der Waals surface area contributed by atoms with E-state index in [2.05, 4.69) is 10.4 Å². The first-order valence-electron chi connectivity index (χ1n) is 5.80. The zero-order valence-electron chi connectivity index (χ0n) is 10.2. The Morgan fingerprint density at radius 2 is 2.28 bits per heavy atom. The Balaban J connectivity index is 2.10. The van der Waals surface area contributed by atoms with Crippen molar-refractivity contribution in [3.63, 3.8) is 0 Å². The van der Waals surface area contributed by atoms with Crippen molar-refractivity contribution in [2.45, 2.75) is 12.8 Å². The third kappa shape index (κ3) is 2.68. The van der Waals surface area contributed by atoms with Crippen molar-refractivity contribution in [2.75, 3.05) is 18.5 Å². The molecule has 1 fully saturated rings. The van der Waals surface area contributed by atoms with Gasteiger partial charge in [0.15, 0.2) is 0 Å². The lowest BCUT2D eigenvalue weighted by Gasteiger charge is -2.21. The van der Waals surface area contributed by atoms with E-state index in [1.807, 2.05) is 0 Å². The SMILES string of the molecule is Cn1ncc(C(N)=S)c1NC(=O)C1CCOCC1. The molecule has 18 heavy (non-hydrogen) atoms. The summed E-state index contributed by atoms with van der Waals surface area (Å²) in [7, 11) is 1.74. The number of aromatic nitrogens is 2. The number of nitrogens with two attached hydrogens (primary N) is 1. The van der Waals surface area contributed by atoms with Crippen LogP contribution < -0.4 is 11.1 Å². The minimum absolute atomic E-state index is 0.0205. The Hall–Kier alpha value is -1.47. The lowest BCUT2D eigenvalue weighted by molar-refractivity contribution is -0.122. The fourth-order valence-electron chi connectivity index (χ4n) is 1.94. The number of amides is 1. The van der Waals surface area contributed by atoms with Crippen LogP contribution in [0.25, 0.3) is 0 Å². The van der Waals surface area contributed by atoms with Gasteiger partial charge in [0.25, 0.3) is 0 Å². The van der Waals surface area contributed by atoms with Crippen molar-refractivity contribution < 1.29 is 9.53 Å². The van der Waals surface area contributed by atoms with E-state index in [0.717, 1.165) is 12.8 Å². The van der Waals surface area contributed by atoms with Crippen LogP contribution in [-0.2, 0) is 16.6 Å². The molecule has 0 radical (unpaired) electrons. The third-order valence-electron chi connectivity index (χ3n) is 3.04. The molecule has 1 aliphatic rings. The first kappa shape index (κ1) is 13.0. The van der Waals surface area contributed by atoms with Crippen LogP contribution in [0.2, 0.25) is 0 Å². The topological polar surface area (TPSA) is 82.2 Å². The highest BCUT2D eigenvalue weighted by Gasteiger charge is 2.23. The number of ether oxygens (including phenoxy) is 1. The minimum atomic E-state index is -0.0283. The molecule has 1 aromatic heterocycles. The highest BCUT2D eigenvalue weighted by Crippen LogP contribution is 2.19. The molecule has 6 nitrogen and oxygen atoms in total. The molecule has 1 aromatic rings. The predicted octanol–water partition coefficient (Wildman–Crippen LogP) is 0.419. The summed E-state index contributed by atoms with van der Waals surface area (Å²) in [6, 6.07) is 0. The quantitative estimate of drug-likeness (QED) is 0.776. The van der Waals surface area contributed by atoms with Gasteiger partial charge in [0.1, 0.15) is 10.8 Å². The normalized spacial score (nSPS) is 16.5. The number of hydrogen-bond donors (Lipinski definition) is 2. The molecule has 0 spiro atoms. The fraction of sp³-hybridized carbons (Fsp3) is 0.545. The van der Waals surface area contributed by atoms with Crippen molar-refractivity contribution in [3.05, 3.63) is 11.8 Å². The van der Waals surface area contributed by atoms with Gasteiger partial charge in [0.05, 0.1) is 11.8 Å². The van der Waals surface area contributed by atoms with Crippen molar-refractivity contribution in [3.8, 4) is 0 Å². The van der Waals surface area contributed by atoms with Crippen molar-refractivity contribution >= 4 is 28.9 Å². The molecule has 3 N–H and O–H groups in total. The van der Waals surface area contributed by atoms with Gasteiger partial charge in [-0.2, -0.15) is 5.10 Å². The zero-order chi connectivity index (χ0) is 13.1. The first-order valence-corrected chi connectivity index (χ1v) is 6.21. The summed E-state index contributed by atoms with van der Waals surface area (Å²) in [5, 5.41) is 6.89. The second-order valence-corrected chi connectivity index (χ2v) is 4.71. The average molecular weight is 268 g/mol. The number of nitrogens with one attached hydrogen (secondary N) is 1. The van der Waals surface area contributed by atoms with Gasteiger partial charge in [0, 0.05) is 26.2 Å². The smallest absolute Gasteiger partial charge is 0.228 e. The largest absolute Gasteiger partial charge is 0.389 e. The molecule has 0 unspecified atom stereocenters. The van der Waals surface area contributed by atoms with Crippen LogP contribution in [0.15, 0.2) is 6.20 Å². The van der Waals surface area contributed by atoms with E-state index in [1.165, 1.54) is 0 Å². The Morgan fingerprint density at radius 3 is 2.89 bits per heavy atom. The molecule has 0 bridgehead atoms. The highest BCUT2D eigenvalue weighted by atomic mass is 32.1. The Bertz CT molecular complexity index is 466. The van der Waals surface area contributed by atoms with Crippen LogP contribution in [0, 0.1) is 5.92 Å². The summed E-state index contributed by atoms with van der Waals surface area (Å²) in [4.78, 5) is 12.3.